The minimum atomic E-state index is -3.05. The third-order valence-corrected chi connectivity index (χ3v) is 4.29. The highest BCUT2D eigenvalue weighted by Crippen LogP contribution is 1.97. The lowest BCUT2D eigenvalue weighted by atomic mass is 10.4. The van der Waals surface area contributed by atoms with Crippen molar-refractivity contribution >= 4 is 15.8 Å². The van der Waals surface area contributed by atoms with Gasteiger partial charge in [0.15, 0.2) is 9.84 Å². The summed E-state index contributed by atoms with van der Waals surface area (Å²) < 4.78 is 23.1. The first-order valence-corrected chi connectivity index (χ1v) is 7.88. The molecule has 0 amide bonds. The van der Waals surface area contributed by atoms with Crippen LogP contribution in [0, 0.1) is 0 Å². The molecule has 0 aromatic heterocycles. The first kappa shape index (κ1) is 17.3. The maximum atomic E-state index is 11.6. The summed E-state index contributed by atoms with van der Waals surface area (Å²) in [6.07, 6.45) is 0.596. The molecule has 0 atom stereocenters. The molecule has 18 heavy (non-hydrogen) atoms. The second-order valence-electron chi connectivity index (χ2n) is 4.62. The van der Waals surface area contributed by atoms with E-state index >= 15 is 0 Å². The van der Waals surface area contributed by atoms with Crippen molar-refractivity contribution in [2.24, 2.45) is 0 Å². The van der Waals surface area contributed by atoms with Gasteiger partial charge in [-0.25, -0.2) is 8.42 Å². The average Bonchev–Trinajstić information content (AvgIpc) is 2.21. The molecule has 6 nitrogen and oxygen atoms in total. The highest BCUT2D eigenvalue weighted by Gasteiger charge is 2.15. The van der Waals surface area contributed by atoms with Crippen LogP contribution in [0.5, 0.6) is 0 Å². The summed E-state index contributed by atoms with van der Waals surface area (Å²) in [7, 11) is 0.742. The molecule has 0 aromatic rings. The van der Waals surface area contributed by atoms with Crippen LogP contribution in [-0.4, -0.2) is 81.1 Å². The van der Waals surface area contributed by atoms with E-state index in [1.54, 1.807) is 4.90 Å². The van der Waals surface area contributed by atoms with Crippen LogP contribution < -0.4 is 0 Å². The molecule has 0 unspecified atom stereocenters. The Labute approximate surface area is 109 Å². The number of sulfone groups is 1. The van der Waals surface area contributed by atoms with E-state index in [4.69, 9.17) is 5.11 Å². The lowest BCUT2D eigenvalue weighted by Gasteiger charge is -2.22. The minimum Gasteiger partial charge on any atom is -0.480 e. The molecule has 0 radical (unpaired) electrons. The predicted octanol–water partition coefficient (Wildman–Crippen LogP) is -0.241. The molecule has 1 N–H and O–H groups in total. The van der Waals surface area contributed by atoms with Gasteiger partial charge in [0.05, 0.1) is 12.3 Å². The smallest absolute Gasteiger partial charge is 0.317 e. The number of carbonyl (C=O) groups is 1. The van der Waals surface area contributed by atoms with Gasteiger partial charge in [-0.1, -0.05) is 6.92 Å². The number of carboxylic acids is 1. The summed E-state index contributed by atoms with van der Waals surface area (Å²) in [5, 5.41) is 8.78. The van der Waals surface area contributed by atoms with E-state index in [0.717, 1.165) is 0 Å². The third-order valence-electron chi connectivity index (χ3n) is 2.46. The van der Waals surface area contributed by atoms with Gasteiger partial charge in [-0.3, -0.25) is 9.69 Å². The van der Waals surface area contributed by atoms with Crippen molar-refractivity contribution in [3.63, 3.8) is 0 Å². The Morgan fingerprint density at radius 3 is 2.17 bits per heavy atom. The lowest BCUT2D eigenvalue weighted by molar-refractivity contribution is -0.138. The molecule has 0 heterocycles. The zero-order valence-electron chi connectivity index (χ0n) is 11.4. The average molecular weight is 280 g/mol. The van der Waals surface area contributed by atoms with Gasteiger partial charge >= 0.3 is 5.97 Å². The van der Waals surface area contributed by atoms with Crippen molar-refractivity contribution in [1.29, 1.82) is 0 Å². The van der Waals surface area contributed by atoms with Gasteiger partial charge < -0.3 is 10.0 Å². The standard InChI is InChI=1S/C11H24N2O4S/c1-4-8-18(16,17)9-7-13(10-11(14)15)6-5-12(2)3/h4-10H2,1-3H3,(H,14,15). The van der Waals surface area contributed by atoms with Crippen molar-refractivity contribution in [2.75, 3.05) is 51.8 Å². The van der Waals surface area contributed by atoms with Crippen LogP contribution in [0.25, 0.3) is 0 Å². The van der Waals surface area contributed by atoms with Gasteiger partial charge in [-0.05, 0) is 20.5 Å². The Bertz CT molecular complexity index is 341. The maximum absolute atomic E-state index is 11.6. The summed E-state index contributed by atoms with van der Waals surface area (Å²) in [5.41, 5.74) is 0. The first-order chi connectivity index (χ1) is 8.26. The first-order valence-electron chi connectivity index (χ1n) is 6.06. The molecule has 0 saturated heterocycles. The monoisotopic (exact) mass is 280 g/mol. The molecule has 0 saturated carbocycles. The second-order valence-corrected chi connectivity index (χ2v) is 6.93. The zero-order chi connectivity index (χ0) is 14.2. The summed E-state index contributed by atoms with van der Waals surface area (Å²) in [5.74, 6) is -0.731. The van der Waals surface area contributed by atoms with Gasteiger partial charge in [0.2, 0.25) is 0 Å². The molecule has 0 spiro atoms. The Hall–Kier alpha value is -0.660. The van der Waals surface area contributed by atoms with Crippen LogP contribution in [0.4, 0.5) is 0 Å². The summed E-state index contributed by atoms with van der Waals surface area (Å²) in [6, 6.07) is 0. The lowest BCUT2D eigenvalue weighted by Crippen LogP contribution is -2.38. The Balaban J connectivity index is 4.27. The van der Waals surface area contributed by atoms with Gasteiger partial charge in [0, 0.05) is 25.4 Å². The maximum Gasteiger partial charge on any atom is 0.317 e. The number of hydrogen-bond acceptors (Lipinski definition) is 5. The van der Waals surface area contributed by atoms with Crippen LogP contribution in [0.2, 0.25) is 0 Å². The molecule has 7 heteroatoms. The Kier molecular flexibility index (Phi) is 8.13. The van der Waals surface area contributed by atoms with E-state index in [9.17, 15) is 13.2 Å². The number of hydrogen-bond donors (Lipinski definition) is 1. The molecule has 0 aliphatic rings. The van der Waals surface area contributed by atoms with Crippen molar-refractivity contribution < 1.29 is 18.3 Å². The van der Waals surface area contributed by atoms with Crippen molar-refractivity contribution in [3.05, 3.63) is 0 Å². The van der Waals surface area contributed by atoms with Crippen molar-refractivity contribution in [3.8, 4) is 0 Å². The highest BCUT2D eigenvalue weighted by molar-refractivity contribution is 7.91. The third kappa shape index (κ3) is 9.38. The van der Waals surface area contributed by atoms with Gasteiger partial charge in [-0.2, -0.15) is 0 Å². The summed E-state index contributed by atoms with van der Waals surface area (Å²) in [6.45, 7) is 3.25. The largest absolute Gasteiger partial charge is 0.480 e. The van der Waals surface area contributed by atoms with Gasteiger partial charge in [0.1, 0.15) is 0 Å². The molecule has 0 aromatic carbocycles. The fraction of sp³-hybridized carbons (Fsp3) is 0.909. The van der Waals surface area contributed by atoms with E-state index < -0.39 is 15.8 Å². The van der Waals surface area contributed by atoms with Crippen molar-refractivity contribution in [2.45, 2.75) is 13.3 Å². The normalized spacial score (nSPS) is 12.3. The number of carboxylic acid groups (broad SMARTS) is 1. The van der Waals surface area contributed by atoms with Gasteiger partial charge in [-0.15, -0.1) is 0 Å². The van der Waals surface area contributed by atoms with E-state index in [0.29, 0.717) is 19.5 Å². The van der Waals surface area contributed by atoms with Crippen LogP contribution in [0.1, 0.15) is 13.3 Å². The molecular formula is C11H24N2O4S. The highest BCUT2D eigenvalue weighted by atomic mass is 32.2. The van der Waals surface area contributed by atoms with E-state index in [2.05, 4.69) is 0 Å². The van der Waals surface area contributed by atoms with E-state index in [1.807, 2.05) is 25.9 Å². The summed E-state index contributed by atoms with van der Waals surface area (Å²) in [4.78, 5) is 14.3. The molecule has 108 valence electrons. The molecule has 0 aliphatic heterocycles. The van der Waals surface area contributed by atoms with E-state index in [-0.39, 0.29) is 24.6 Å². The van der Waals surface area contributed by atoms with Gasteiger partial charge in [0.25, 0.3) is 0 Å². The molecular weight excluding hydrogens is 256 g/mol. The minimum absolute atomic E-state index is 0.0293. The topological polar surface area (TPSA) is 77.9 Å². The number of nitrogens with zero attached hydrogens (tertiary/aromatic N) is 2. The Morgan fingerprint density at radius 1 is 1.11 bits per heavy atom. The number of rotatable bonds is 10. The van der Waals surface area contributed by atoms with Crippen LogP contribution in [0.3, 0.4) is 0 Å². The zero-order valence-corrected chi connectivity index (χ0v) is 12.2. The molecule has 0 fully saturated rings. The van der Waals surface area contributed by atoms with Crippen molar-refractivity contribution in [1.82, 2.24) is 9.80 Å². The quantitative estimate of drug-likeness (QED) is 0.595. The fourth-order valence-corrected chi connectivity index (χ4v) is 2.85. The fourth-order valence-electron chi connectivity index (χ4n) is 1.48. The van der Waals surface area contributed by atoms with Crippen LogP contribution in [-0.2, 0) is 14.6 Å². The van der Waals surface area contributed by atoms with Crippen LogP contribution >= 0.6 is 0 Å². The Morgan fingerprint density at radius 2 is 1.72 bits per heavy atom. The van der Waals surface area contributed by atoms with E-state index in [1.165, 1.54) is 0 Å². The summed E-state index contributed by atoms with van der Waals surface area (Å²) >= 11 is 0. The molecule has 0 aliphatic carbocycles. The predicted molar refractivity (Wildman–Crippen MR) is 71.6 cm³/mol. The second kappa shape index (κ2) is 8.44. The molecule has 0 bridgehead atoms. The SMILES string of the molecule is CCCS(=O)(=O)CCN(CCN(C)C)CC(=O)O. The number of aliphatic carboxylic acids is 1. The number of likely N-dealkylation sites (N-methyl/N-ethyl adjacent to an activating group) is 1. The molecule has 0 rings (SSSR count). The van der Waals surface area contributed by atoms with Crippen LogP contribution in [0.15, 0.2) is 0 Å².